The van der Waals surface area contributed by atoms with Crippen LogP contribution in [0.25, 0.3) is 10.2 Å². The Balaban J connectivity index is 2.25. The number of carbonyl (C=O) groups is 1. The molecule has 0 spiro atoms. The molecule has 3 nitrogen and oxygen atoms in total. The van der Waals surface area contributed by atoms with E-state index in [0.717, 1.165) is 16.0 Å². The highest BCUT2D eigenvalue weighted by Crippen LogP contribution is 2.24. The van der Waals surface area contributed by atoms with E-state index in [4.69, 9.17) is 0 Å². The molecule has 0 aliphatic rings. The van der Waals surface area contributed by atoms with E-state index in [-0.39, 0.29) is 5.01 Å². The second-order valence-corrected chi connectivity index (χ2v) is 4.16. The average molecular weight is 246 g/mol. The van der Waals surface area contributed by atoms with E-state index >= 15 is 0 Å². The SMILES string of the molecule is O=C(Cc1nc2cnccc2s1)C(F)(F)F. The van der Waals surface area contributed by atoms with Crippen LogP contribution < -0.4 is 0 Å². The van der Waals surface area contributed by atoms with Crippen LogP contribution in [0.1, 0.15) is 5.01 Å². The van der Waals surface area contributed by atoms with Crippen molar-refractivity contribution in [3.05, 3.63) is 23.5 Å². The van der Waals surface area contributed by atoms with Gasteiger partial charge in [-0.25, -0.2) is 4.98 Å². The summed E-state index contributed by atoms with van der Waals surface area (Å²) < 4.78 is 36.7. The summed E-state index contributed by atoms with van der Waals surface area (Å²) in [5, 5.41) is 0.158. The van der Waals surface area contributed by atoms with Gasteiger partial charge in [0, 0.05) is 6.20 Å². The van der Waals surface area contributed by atoms with E-state index in [1.165, 1.54) is 12.4 Å². The van der Waals surface area contributed by atoms with Gasteiger partial charge in [0.2, 0.25) is 5.78 Å². The third kappa shape index (κ3) is 2.19. The number of hydrogen-bond acceptors (Lipinski definition) is 4. The maximum atomic E-state index is 12.0. The minimum atomic E-state index is -4.80. The normalized spacial score (nSPS) is 11.9. The largest absolute Gasteiger partial charge is 0.450 e. The van der Waals surface area contributed by atoms with E-state index < -0.39 is 18.4 Å². The maximum Gasteiger partial charge on any atom is 0.450 e. The number of fused-ring (bicyclic) bond motifs is 1. The lowest BCUT2D eigenvalue weighted by atomic mass is 10.3. The first-order valence-corrected chi connectivity index (χ1v) is 5.08. The summed E-state index contributed by atoms with van der Waals surface area (Å²) >= 11 is 1.07. The van der Waals surface area contributed by atoms with Crippen LogP contribution in [0.4, 0.5) is 13.2 Å². The molecule has 0 saturated carbocycles. The molecule has 2 aromatic rings. The zero-order chi connectivity index (χ0) is 11.8. The molecule has 0 aliphatic carbocycles. The highest BCUT2D eigenvalue weighted by Gasteiger charge is 2.38. The fourth-order valence-electron chi connectivity index (χ4n) is 1.14. The van der Waals surface area contributed by atoms with Crippen LogP contribution in [0.5, 0.6) is 0 Å². The number of hydrogen-bond donors (Lipinski definition) is 0. The Hall–Kier alpha value is -1.50. The highest BCUT2D eigenvalue weighted by molar-refractivity contribution is 7.18. The van der Waals surface area contributed by atoms with Crippen molar-refractivity contribution in [3.63, 3.8) is 0 Å². The summed E-state index contributed by atoms with van der Waals surface area (Å²) in [6.07, 6.45) is -2.53. The molecule has 84 valence electrons. The Morgan fingerprint density at radius 2 is 2.19 bits per heavy atom. The van der Waals surface area contributed by atoms with Gasteiger partial charge in [0.15, 0.2) is 0 Å². The maximum absolute atomic E-state index is 12.0. The van der Waals surface area contributed by atoms with Gasteiger partial charge in [-0.3, -0.25) is 9.78 Å². The Bertz CT molecular complexity index is 502. The van der Waals surface area contributed by atoms with Crippen LogP contribution in [-0.4, -0.2) is 21.9 Å². The molecule has 0 atom stereocenters. The van der Waals surface area contributed by atoms with E-state index in [9.17, 15) is 18.0 Å². The van der Waals surface area contributed by atoms with Crippen LogP contribution in [0.15, 0.2) is 18.5 Å². The molecule has 0 N–H and O–H groups in total. The lowest BCUT2D eigenvalue weighted by molar-refractivity contribution is -0.170. The number of carbonyl (C=O) groups excluding carboxylic acids is 1. The average Bonchev–Trinajstić information content (AvgIpc) is 2.58. The van der Waals surface area contributed by atoms with E-state index in [0.29, 0.717) is 5.52 Å². The van der Waals surface area contributed by atoms with Crippen LogP contribution in [0.2, 0.25) is 0 Å². The molecule has 2 rings (SSSR count). The van der Waals surface area contributed by atoms with Crippen molar-refractivity contribution in [1.29, 1.82) is 0 Å². The first-order chi connectivity index (χ1) is 7.47. The third-order valence-corrected chi connectivity index (χ3v) is 2.90. The predicted molar refractivity (Wildman–Crippen MR) is 52.2 cm³/mol. The minimum Gasteiger partial charge on any atom is -0.289 e. The Morgan fingerprint density at radius 1 is 1.44 bits per heavy atom. The zero-order valence-corrected chi connectivity index (χ0v) is 8.60. The summed E-state index contributed by atoms with van der Waals surface area (Å²) in [4.78, 5) is 18.4. The number of thiazole rings is 1. The Kier molecular flexibility index (Phi) is 2.63. The molecule has 2 heterocycles. The number of aromatic nitrogens is 2. The lowest BCUT2D eigenvalue weighted by Crippen LogP contribution is -2.24. The van der Waals surface area contributed by atoms with E-state index in [1.54, 1.807) is 6.07 Å². The van der Waals surface area contributed by atoms with Gasteiger partial charge in [-0.05, 0) is 6.07 Å². The minimum absolute atomic E-state index is 0.158. The number of alkyl halides is 3. The molecule has 0 fully saturated rings. The predicted octanol–water partition coefficient (Wildman–Crippen LogP) is 2.37. The fraction of sp³-hybridized carbons (Fsp3) is 0.222. The number of ketones is 1. The van der Waals surface area contributed by atoms with Gasteiger partial charge in [0.1, 0.15) is 5.01 Å². The van der Waals surface area contributed by atoms with Gasteiger partial charge in [0.25, 0.3) is 0 Å². The van der Waals surface area contributed by atoms with Gasteiger partial charge in [0.05, 0.1) is 22.8 Å². The zero-order valence-electron chi connectivity index (χ0n) is 7.78. The summed E-state index contributed by atoms with van der Waals surface area (Å²) in [7, 11) is 0. The van der Waals surface area contributed by atoms with Crippen molar-refractivity contribution in [1.82, 2.24) is 9.97 Å². The summed E-state index contributed by atoms with van der Waals surface area (Å²) in [5.74, 6) is -1.78. The lowest BCUT2D eigenvalue weighted by Gasteiger charge is -2.01. The summed E-state index contributed by atoms with van der Waals surface area (Å²) in [6.45, 7) is 0. The molecule has 0 saturated heterocycles. The monoisotopic (exact) mass is 246 g/mol. The molecule has 7 heteroatoms. The molecule has 0 aliphatic heterocycles. The second-order valence-electron chi connectivity index (χ2n) is 3.05. The van der Waals surface area contributed by atoms with E-state index in [1.807, 2.05) is 0 Å². The number of pyridine rings is 1. The molecule has 0 aromatic carbocycles. The van der Waals surface area contributed by atoms with Gasteiger partial charge >= 0.3 is 6.18 Å². The second kappa shape index (κ2) is 3.82. The van der Waals surface area contributed by atoms with Crippen LogP contribution >= 0.6 is 11.3 Å². The van der Waals surface area contributed by atoms with Crippen molar-refractivity contribution < 1.29 is 18.0 Å². The standard InChI is InChI=1S/C9H5F3N2OS/c10-9(11,12)7(15)3-8-14-5-4-13-2-1-6(5)16-8/h1-2,4H,3H2. The number of halogens is 3. The summed E-state index contributed by atoms with van der Waals surface area (Å²) in [5.41, 5.74) is 0.512. The molecular formula is C9H5F3N2OS. The van der Waals surface area contributed by atoms with Crippen molar-refractivity contribution in [2.24, 2.45) is 0 Å². The van der Waals surface area contributed by atoms with Crippen molar-refractivity contribution in [2.75, 3.05) is 0 Å². The van der Waals surface area contributed by atoms with Gasteiger partial charge in [-0.2, -0.15) is 13.2 Å². The van der Waals surface area contributed by atoms with Gasteiger partial charge in [-0.1, -0.05) is 0 Å². The van der Waals surface area contributed by atoms with Crippen molar-refractivity contribution in [3.8, 4) is 0 Å². The molecule has 16 heavy (non-hydrogen) atoms. The van der Waals surface area contributed by atoms with Gasteiger partial charge < -0.3 is 0 Å². The number of rotatable bonds is 2. The Labute approximate surface area is 91.9 Å². The number of nitrogens with zero attached hydrogens (tertiary/aromatic N) is 2. The van der Waals surface area contributed by atoms with Crippen LogP contribution in [-0.2, 0) is 11.2 Å². The van der Waals surface area contributed by atoms with Crippen molar-refractivity contribution in [2.45, 2.75) is 12.6 Å². The molecular weight excluding hydrogens is 241 g/mol. The van der Waals surface area contributed by atoms with Crippen LogP contribution in [0, 0.1) is 0 Å². The Morgan fingerprint density at radius 3 is 2.81 bits per heavy atom. The third-order valence-electron chi connectivity index (χ3n) is 1.86. The van der Waals surface area contributed by atoms with Crippen molar-refractivity contribution >= 4 is 27.3 Å². The van der Waals surface area contributed by atoms with E-state index in [2.05, 4.69) is 9.97 Å². The first-order valence-electron chi connectivity index (χ1n) is 4.26. The molecule has 2 aromatic heterocycles. The molecule has 0 amide bonds. The smallest absolute Gasteiger partial charge is 0.289 e. The number of Topliss-reactive ketones (excluding diaryl/α,β-unsaturated/α-hetero) is 1. The fourth-order valence-corrected chi connectivity index (χ4v) is 2.07. The molecule has 0 unspecified atom stereocenters. The van der Waals surface area contributed by atoms with Gasteiger partial charge in [-0.15, -0.1) is 11.3 Å². The topological polar surface area (TPSA) is 42.9 Å². The quantitative estimate of drug-likeness (QED) is 0.817. The highest BCUT2D eigenvalue weighted by atomic mass is 32.1. The summed E-state index contributed by atoms with van der Waals surface area (Å²) in [6, 6.07) is 1.65. The first kappa shape index (κ1) is 11.0. The van der Waals surface area contributed by atoms with Crippen LogP contribution in [0.3, 0.4) is 0 Å². The molecule has 0 bridgehead atoms. The molecule has 0 radical (unpaired) electrons.